The molecule has 1 heterocycles. The molecule has 41 heavy (non-hydrogen) atoms. The van der Waals surface area contributed by atoms with E-state index in [1.165, 1.54) is 0 Å². The van der Waals surface area contributed by atoms with Gasteiger partial charge < -0.3 is 24.1 Å². The van der Waals surface area contributed by atoms with Crippen LogP contribution in [0.2, 0.25) is 0 Å². The first-order valence-corrected chi connectivity index (χ1v) is 13.9. The molecule has 3 aromatic rings. The van der Waals surface area contributed by atoms with E-state index in [1.54, 1.807) is 26.4 Å². The summed E-state index contributed by atoms with van der Waals surface area (Å²) in [5.41, 5.74) is 6.90. The van der Waals surface area contributed by atoms with Crippen LogP contribution in [0, 0.1) is 0 Å². The van der Waals surface area contributed by atoms with Gasteiger partial charge in [0, 0.05) is 42.1 Å². The van der Waals surface area contributed by atoms with Gasteiger partial charge in [0.25, 0.3) is 5.91 Å². The Kier molecular flexibility index (Phi) is 10.4. The van der Waals surface area contributed by atoms with Gasteiger partial charge in [0.15, 0.2) is 11.6 Å². The standard InChI is InChI=1S/C31H34BrN3O6/c1-4-14-31(30(37)35-33-20-21-17-26(38-2)19-27(18-21)39-3)28(22-6-10-24(32)11-7-22)41-29(34-31)23-8-12-25(13-9-23)40-16-5-15-36/h4,6-13,17-19,28,33,36H,1,5,14-16,20H2,2-3H3,(H,35,37)/t28-,31-/m0/s1. The fourth-order valence-corrected chi connectivity index (χ4v) is 4.74. The van der Waals surface area contributed by atoms with E-state index >= 15 is 0 Å². The number of aliphatic hydroxyl groups excluding tert-OH is 1. The summed E-state index contributed by atoms with van der Waals surface area (Å²) in [6.07, 6.45) is 1.75. The van der Waals surface area contributed by atoms with E-state index in [1.807, 2.05) is 60.7 Å². The number of carbonyl (C=O) groups is 1. The average molecular weight is 625 g/mol. The topological polar surface area (TPSA) is 111 Å². The predicted molar refractivity (Wildman–Crippen MR) is 160 cm³/mol. The van der Waals surface area contributed by atoms with Gasteiger partial charge in [0.05, 0.1) is 20.8 Å². The first-order valence-electron chi connectivity index (χ1n) is 13.1. The molecule has 1 aliphatic rings. The molecule has 9 nitrogen and oxygen atoms in total. The molecule has 1 amide bonds. The van der Waals surface area contributed by atoms with Crippen LogP contribution >= 0.6 is 15.9 Å². The summed E-state index contributed by atoms with van der Waals surface area (Å²) in [7, 11) is 3.17. The van der Waals surface area contributed by atoms with Crippen LogP contribution in [-0.2, 0) is 16.1 Å². The molecular formula is C31H34BrN3O6. The van der Waals surface area contributed by atoms with Crippen molar-refractivity contribution in [1.29, 1.82) is 0 Å². The second-order valence-corrected chi connectivity index (χ2v) is 10.3. The third kappa shape index (κ3) is 7.27. The lowest BCUT2D eigenvalue weighted by Crippen LogP contribution is -2.52. The summed E-state index contributed by atoms with van der Waals surface area (Å²) in [5.74, 6) is 1.94. The molecule has 0 radical (unpaired) electrons. The van der Waals surface area contributed by atoms with Crippen molar-refractivity contribution in [2.24, 2.45) is 4.99 Å². The molecule has 0 aromatic heterocycles. The number of methoxy groups -OCH3 is 2. The normalized spacial score (nSPS) is 17.8. The van der Waals surface area contributed by atoms with Gasteiger partial charge >= 0.3 is 0 Å². The average Bonchev–Trinajstić information content (AvgIpc) is 3.38. The zero-order valence-corrected chi connectivity index (χ0v) is 24.6. The smallest absolute Gasteiger partial charge is 0.266 e. The lowest BCUT2D eigenvalue weighted by atomic mass is 9.84. The van der Waals surface area contributed by atoms with E-state index in [-0.39, 0.29) is 18.9 Å². The number of aliphatic hydroxyl groups is 1. The Bertz CT molecular complexity index is 1340. The Morgan fingerprint density at radius 3 is 2.37 bits per heavy atom. The van der Waals surface area contributed by atoms with Crippen molar-refractivity contribution in [1.82, 2.24) is 10.9 Å². The molecule has 10 heteroatoms. The minimum Gasteiger partial charge on any atom is -0.497 e. The van der Waals surface area contributed by atoms with Crippen LogP contribution in [0.25, 0.3) is 0 Å². The minimum atomic E-state index is -1.32. The van der Waals surface area contributed by atoms with E-state index in [0.29, 0.717) is 48.3 Å². The van der Waals surface area contributed by atoms with Gasteiger partial charge in [-0.25, -0.2) is 10.4 Å². The Hall–Kier alpha value is -3.86. The lowest BCUT2D eigenvalue weighted by molar-refractivity contribution is -0.129. The minimum absolute atomic E-state index is 0.0657. The van der Waals surface area contributed by atoms with Crippen LogP contribution < -0.4 is 25.1 Å². The second-order valence-electron chi connectivity index (χ2n) is 9.36. The summed E-state index contributed by atoms with van der Waals surface area (Å²) in [4.78, 5) is 18.8. The van der Waals surface area contributed by atoms with Crippen molar-refractivity contribution in [3.8, 4) is 17.2 Å². The molecule has 0 aliphatic carbocycles. The first-order chi connectivity index (χ1) is 19.9. The SMILES string of the molecule is C=CC[C@]1(C(=O)NNCc2cc(OC)cc(OC)c2)N=C(c2ccc(OCCCO)cc2)O[C@H]1c1ccc(Br)cc1. The van der Waals surface area contributed by atoms with Gasteiger partial charge in [0.2, 0.25) is 5.90 Å². The van der Waals surface area contributed by atoms with Crippen LogP contribution in [0.5, 0.6) is 17.2 Å². The summed E-state index contributed by atoms with van der Waals surface area (Å²) in [6.45, 7) is 4.71. The van der Waals surface area contributed by atoms with E-state index < -0.39 is 11.6 Å². The molecule has 0 saturated carbocycles. The van der Waals surface area contributed by atoms with Gasteiger partial charge in [-0.15, -0.1) is 6.58 Å². The third-order valence-corrected chi connectivity index (χ3v) is 7.09. The van der Waals surface area contributed by atoms with Gasteiger partial charge in [-0.3, -0.25) is 10.2 Å². The number of nitrogens with one attached hydrogen (secondary N) is 2. The number of amides is 1. The highest BCUT2D eigenvalue weighted by Crippen LogP contribution is 2.43. The summed E-state index contributed by atoms with van der Waals surface area (Å²) < 4.78 is 23.7. The number of hydrogen-bond acceptors (Lipinski definition) is 8. The molecule has 4 rings (SSSR count). The predicted octanol–water partition coefficient (Wildman–Crippen LogP) is 4.88. The van der Waals surface area contributed by atoms with Gasteiger partial charge in [-0.2, -0.15) is 0 Å². The van der Waals surface area contributed by atoms with Crippen molar-refractivity contribution < 1.29 is 28.8 Å². The van der Waals surface area contributed by atoms with Crippen molar-refractivity contribution in [2.75, 3.05) is 27.4 Å². The van der Waals surface area contributed by atoms with Crippen LogP contribution in [-0.4, -0.2) is 49.9 Å². The van der Waals surface area contributed by atoms with Crippen LogP contribution in [0.3, 0.4) is 0 Å². The molecule has 0 bridgehead atoms. The molecule has 2 atom stereocenters. The number of halogens is 1. The quantitative estimate of drug-likeness (QED) is 0.133. The number of nitrogens with zero attached hydrogens (tertiary/aromatic N) is 1. The van der Waals surface area contributed by atoms with E-state index in [0.717, 1.165) is 15.6 Å². The van der Waals surface area contributed by atoms with Crippen molar-refractivity contribution >= 4 is 27.7 Å². The number of rotatable bonds is 14. The highest BCUT2D eigenvalue weighted by molar-refractivity contribution is 9.10. The number of carbonyl (C=O) groups excluding carboxylic acids is 1. The fourth-order valence-electron chi connectivity index (χ4n) is 4.48. The van der Waals surface area contributed by atoms with E-state index in [9.17, 15) is 4.79 Å². The zero-order chi connectivity index (χ0) is 29.2. The first kappa shape index (κ1) is 30.1. The number of hydrogen-bond donors (Lipinski definition) is 3. The molecule has 3 N–H and O–H groups in total. The van der Waals surface area contributed by atoms with Crippen molar-refractivity contribution in [3.63, 3.8) is 0 Å². The number of aliphatic imine (C=N–C) groups is 1. The van der Waals surface area contributed by atoms with Crippen LogP contribution in [0.4, 0.5) is 0 Å². The maximum Gasteiger partial charge on any atom is 0.266 e. The van der Waals surface area contributed by atoms with E-state index in [2.05, 4.69) is 33.4 Å². The van der Waals surface area contributed by atoms with Crippen LogP contribution in [0.1, 0.15) is 35.6 Å². The Morgan fingerprint density at radius 2 is 1.76 bits per heavy atom. The number of benzene rings is 3. The molecule has 3 aromatic carbocycles. The highest BCUT2D eigenvalue weighted by Gasteiger charge is 2.52. The highest BCUT2D eigenvalue weighted by atomic mass is 79.9. The maximum absolute atomic E-state index is 13.9. The molecule has 1 aliphatic heterocycles. The molecule has 0 saturated heterocycles. The monoisotopic (exact) mass is 623 g/mol. The molecule has 0 fully saturated rings. The second kappa shape index (κ2) is 14.2. The maximum atomic E-state index is 13.9. The van der Waals surface area contributed by atoms with Gasteiger partial charge in [-0.1, -0.05) is 34.1 Å². The third-order valence-electron chi connectivity index (χ3n) is 6.56. The zero-order valence-electron chi connectivity index (χ0n) is 23.1. The van der Waals surface area contributed by atoms with Gasteiger partial charge in [0.1, 0.15) is 17.2 Å². The van der Waals surface area contributed by atoms with Crippen molar-refractivity contribution in [2.45, 2.75) is 31.0 Å². The largest absolute Gasteiger partial charge is 0.497 e. The van der Waals surface area contributed by atoms with Crippen LogP contribution in [0.15, 0.2) is 88.9 Å². The van der Waals surface area contributed by atoms with Crippen molar-refractivity contribution in [3.05, 3.63) is 101 Å². The number of ether oxygens (including phenoxy) is 4. The Morgan fingerprint density at radius 1 is 1.07 bits per heavy atom. The van der Waals surface area contributed by atoms with Gasteiger partial charge in [-0.05, 0) is 59.7 Å². The summed E-state index contributed by atoms with van der Waals surface area (Å²) in [5, 5.41) is 8.99. The summed E-state index contributed by atoms with van der Waals surface area (Å²) in [6, 6.07) is 20.4. The molecule has 0 unspecified atom stereocenters. The fraction of sp³-hybridized carbons (Fsp3) is 0.290. The Balaban J connectivity index is 1.60. The molecule has 0 spiro atoms. The molecule has 216 valence electrons. The van der Waals surface area contributed by atoms with E-state index in [4.69, 9.17) is 29.0 Å². The lowest BCUT2D eigenvalue weighted by Gasteiger charge is -2.29. The summed E-state index contributed by atoms with van der Waals surface area (Å²) >= 11 is 3.48. The molecular weight excluding hydrogens is 590 g/mol. The number of hydrazine groups is 1. The Labute approximate surface area is 248 Å².